The molecule has 1 aliphatic rings. The fraction of sp³-hybridized carbons (Fsp3) is 0.571. The van der Waals surface area contributed by atoms with Gasteiger partial charge in [-0.2, -0.15) is 0 Å². The number of nitrogens with two attached hydrogens (primary N) is 1. The van der Waals surface area contributed by atoms with Gasteiger partial charge in [0, 0.05) is 13.1 Å². The van der Waals surface area contributed by atoms with E-state index >= 15 is 0 Å². The summed E-state index contributed by atoms with van der Waals surface area (Å²) in [5, 5.41) is 0. The second kappa shape index (κ2) is 7.31. The first-order valence-electron chi connectivity index (χ1n) is 7.23. The number of rotatable bonds is 7. The number of hydrogen-bond donors (Lipinski definition) is 2. The molecule has 0 spiro atoms. The fourth-order valence-electron chi connectivity index (χ4n) is 2.47. The largest absolute Gasteiger partial charge is 0.326 e. The molecule has 0 atom stereocenters. The van der Waals surface area contributed by atoms with Gasteiger partial charge in [0.05, 0.1) is 0 Å². The number of likely N-dealkylation sites (tertiary alicyclic amines) is 1. The Bertz CT molecular complexity index is 572. The third-order valence-corrected chi connectivity index (χ3v) is 5.14. The molecule has 21 heavy (non-hydrogen) atoms. The lowest BCUT2D eigenvalue weighted by Crippen LogP contribution is -2.29. The van der Waals surface area contributed by atoms with Crippen molar-refractivity contribution in [2.75, 3.05) is 26.2 Å². The van der Waals surface area contributed by atoms with Gasteiger partial charge in [0.15, 0.2) is 0 Å². The highest BCUT2D eigenvalue weighted by molar-refractivity contribution is 7.89. The number of sulfonamides is 1. The van der Waals surface area contributed by atoms with E-state index in [1.165, 1.54) is 25.0 Å². The van der Waals surface area contributed by atoms with Crippen LogP contribution in [0.4, 0.5) is 4.39 Å². The van der Waals surface area contributed by atoms with E-state index in [0.717, 1.165) is 32.1 Å². The predicted molar refractivity (Wildman–Crippen MR) is 79.8 cm³/mol. The third-order valence-electron chi connectivity index (χ3n) is 3.66. The molecule has 0 bridgehead atoms. The Labute approximate surface area is 125 Å². The Morgan fingerprint density at radius 2 is 2.00 bits per heavy atom. The minimum absolute atomic E-state index is 0.178. The van der Waals surface area contributed by atoms with Crippen LogP contribution in [-0.4, -0.2) is 39.5 Å². The van der Waals surface area contributed by atoms with E-state index in [0.29, 0.717) is 12.1 Å². The van der Waals surface area contributed by atoms with E-state index in [1.807, 2.05) is 0 Å². The SMILES string of the molecule is NCc1ccc(F)c(S(=O)(=O)NCCCN2CCCC2)c1. The molecule has 3 N–H and O–H groups in total. The minimum atomic E-state index is -3.82. The van der Waals surface area contributed by atoms with Crippen LogP contribution in [0.3, 0.4) is 0 Å². The number of hydrogen-bond acceptors (Lipinski definition) is 4. The number of nitrogens with one attached hydrogen (secondary N) is 1. The summed E-state index contributed by atoms with van der Waals surface area (Å²) in [7, 11) is -3.82. The first-order chi connectivity index (χ1) is 10.0. The molecular weight excluding hydrogens is 293 g/mol. The highest BCUT2D eigenvalue weighted by Gasteiger charge is 2.19. The summed E-state index contributed by atoms with van der Waals surface area (Å²) in [6.07, 6.45) is 3.14. The lowest BCUT2D eigenvalue weighted by molar-refractivity contribution is 0.334. The van der Waals surface area contributed by atoms with E-state index in [2.05, 4.69) is 9.62 Å². The summed E-state index contributed by atoms with van der Waals surface area (Å²) in [6.45, 7) is 3.52. The molecule has 1 saturated heterocycles. The van der Waals surface area contributed by atoms with Crippen molar-refractivity contribution in [1.29, 1.82) is 0 Å². The average molecular weight is 315 g/mol. The van der Waals surface area contributed by atoms with Crippen LogP contribution in [0.25, 0.3) is 0 Å². The number of nitrogens with zero attached hydrogens (tertiary/aromatic N) is 1. The zero-order valence-electron chi connectivity index (χ0n) is 12.0. The molecule has 0 unspecified atom stereocenters. The second-order valence-corrected chi connectivity index (χ2v) is 7.00. The molecule has 1 heterocycles. The Morgan fingerprint density at radius 3 is 2.67 bits per heavy atom. The summed E-state index contributed by atoms with van der Waals surface area (Å²) < 4.78 is 40.4. The van der Waals surface area contributed by atoms with Gasteiger partial charge in [-0.15, -0.1) is 0 Å². The Balaban J connectivity index is 1.91. The molecule has 1 fully saturated rings. The first kappa shape index (κ1) is 16.4. The van der Waals surface area contributed by atoms with E-state index in [9.17, 15) is 12.8 Å². The first-order valence-corrected chi connectivity index (χ1v) is 8.72. The molecule has 0 aliphatic carbocycles. The molecule has 1 aromatic rings. The smallest absolute Gasteiger partial charge is 0.243 e. The molecule has 1 aliphatic heterocycles. The van der Waals surface area contributed by atoms with E-state index in [-0.39, 0.29) is 11.4 Å². The van der Waals surface area contributed by atoms with Gasteiger partial charge in [0.1, 0.15) is 10.7 Å². The number of benzene rings is 1. The summed E-state index contributed by atoms with van der Waals surface area (Å²) >= 11 is 0. The van der Waals surface area contributed by atoms with Crippen LogP contribution in [0.15, 0.2) is 23.1 Å². The predicted octanol–water partition coefficient (Wildman–Crippen LogP) is 1.05. The van der Waals surface area contributed by atoms with Gasteiger partial charge >= 0.3 is 0 Å². The van der Waals surface area contributed by atoms with Gasteiger partial charge < -0.3 is 10.6 Å². The van der Waals surface area contributed by atoms with Crippen molar-refractivity contribution in [2.24, 2.45) is 5.73 Å². The van der Waals surface area contributed by atoms with E-state index in [4.69, 9.17) is 5.73 Å². The molecule has 118 valence electrons. The molecule has 0 amide bonds. The summed E-state index contributed by atoms with van der Waals surface area (Å²) in [4.78, 5) is 1.98. The fourth-order valence-corrected chi connectivity index (χ4v) is 3.67. The molecule has 0 saturated carbocycles. The zero-order chi connectivity index (χ0) is 15.3. The van der Waals surface area contributed by atoms with Crippen molar-refractivity contribution in [3.05, 3.63) is 29.6 Å². The Morgan fingerprint density at radius 1 is 1.29 bits per heavy atom. The summed E-state index contributed by atoms with van der Waals surface area (Å²) in [5.41, 5.74) is 6.05. The van der Waals surface area contributed by atoms with E-state index in [1.54, 1.807) is 0 Å². The standard InChI is InChI=1S/C14H22FN3O2S/c15-13-5-4-12(11-16)10-14(13)21(19,20)17-6-3-9-18-7-1-2-8-18/h4-5,10,17H,1-3,6-9,11,16H2. The topological polar surface area (TPSA) is 75.4 Å². The molecule has 5 nitrogen and oxygen atoms in total. The van der Waals surface area contributed by atoms with Crippen molar-refractivity contribution in [3.63, 3.8) is 0 Å². The monoisotopic (exact) mass is 315 g/mol. The van der Waals surface area contributed by atoms with Crippen LogP contribution in [0.2, 0.25) is 0 Å². The van der Waals surface area contributed by atoms with Gasteiger partial charge in [-0.05, 0) is 56.6 Å². The third kappa shape index (κ3) is 4.47. The van der Waals surface area contributed by atoms with Crippen molar-refractivity contribution in [1.82, 2.24) is 9.62 Å². The maximum Gasteiger partial charge on any atom is 0.243 e. The van der Waals surface area contributed by atoms with Crippen LogP contribution >= 0.6 is 0 Å². The quantitative estimate of drug-likeness (QED) is 0.738. The lowest BCUT2D eigenvalue weighted by Gasteiger charge is -2.14. The second-order valence-electron chi connectivity index (χ2n) is 5.27. The maximum atomic E-state index is 13.7. The molecule has 7 heteroatoms. The number of halogens is 1. The summed E-state index contributed by atoms with van der Waals surface area (Å²) in [5.74, 6) is -0.751. The van der Waals surface area contributed by atoms with Crippen LogP contribution in [0.5, 0.6) is 0 Å². The summed E-state index contributed by atoms with van der Waals surface area (Å²) in [6, 6.07) is 3.92. The van der Waals surface area contributed by atoms with Crippen molar-refractivity contribution in [3.8, 4) is 0 Å². The van der Waals surface area contributed by atoms with Gasteiger partial charge in [-0.1, -0.05) is 6.07 Å². The molecule has 1 aromatic carbocycles. The maximum absolute atomic E-state index is 13.7. The minimum Gasteiger partial charge on any atom is -0.326 e. The Kier molecular flexibility index (Phi) is 5.69. The van der Waals surface area contributed by atoms with Gasteiger partial charge in [-0.3, -0.25) is 0 Å². The highest BCUT2D eigenvalue weighted by Crippen LogP contribution is 2.16. The highest BCUT2D eigenvalue weighted by atomic mass is 32.2. The molecule has 0 radical (unpaired) electrons. The van der Waals surface area contributed by atoms with Crippen molar-refractivity contribution in [2.45, 2.75) is 30.7 Å². The van der Waals surface area contributed by atoms with Crippen LogP contribution in [0.1, 0.15) is 24.8 Å². The van der Waals surface area contributed by atoms with Crippen molar-refractivity contribution >= 4 is 10.0 Å². The van der Waals surface area contributed by atoms with Gasteiger partial charge in [0.2, 0.25) is 10.0 Å². The molecular formula is C14H22FN3O2S. The lowest BCUT2D eigenvalue weighted by atomic mass is 10.2. The van der Waals surface area contributed by atoms with Gasteiger partial charge in [0.25, 0.3) is 0 Å². The molecule has 2 rings (SSSR count). The zero-order valence-corrected chi connectivity index (χ0v) is 12.8. The van der Waals surface area contributed by atoms with Gasteiger partial charge in [-0.25, -0.2) is 17.5 Å². The van der Waals surface area contributed by atoms with Crippen LogP contribution in [0, 0.1) is 5.82 Å². The van der Waals surface area contributed by atoms with Crippen LogP contribution in [-0.2, 0) is 16.6 Å². The molecule has 0 aromatic heterocycles. The van der Waals surface area contributed by atoms with E-state index < -0.39 is 15.8 Å². The van der Waals surface area contributed by atoms with Crippen molar-refractivity contribution < 1.29 is 12.8 Å². The van der Waals surface area contributed by atoms with Crippen LogP contribution < -0.4 is 10.5 Å². The average Bonchev–Trinajstić information content (AvgIpc) is 2.97. The normalized spacial score (nSPS) is 16.5. The Hall–Kier alpha value is -1.02.